The van der Waals surface area contributed by atoms with Crippen LogP contribution >= 0.6 is 11.3 Å². The van der Waals surface area contributed by atoms with Crippen LogP contribution in [0.4, 0.5) is 5.13 Å². The van der Waals surface area contributed by atoms with Crippen molar-refractivity contribution in [2.75, 3.05) is 18.4 Å². The van der Waals surface area contributed by atoms with Gasteiger partial charge in [-0.1, -0.05) is 26.8 Å². The highest BCUT2D eigenvalue weighted by Crippen LogP contribution is 2.20. The Kier molecular flexibility index (Phi) is 6.08. The van der Waals surface area contributed by atoms with Crippen LogP contribution in [0.15, 0.2) is 18.9 Å². The molecule has 0 aliphatic rings. The summed E-state index contributed by atoms with van der Waals surface area (Å²) in [7, 11) is 0. The zero-order valence-corrected chi connectivity index (χ0v) is 13.9. The molecule has 0 aromatic carbocycles. The molecule has 0 atom stereocenters. The number of amides is 2. The fourth-order valence-corrected chi connectivity index (χ4v) is 2.40. The van der Waals surface area contributed by atoms with E-state index in [0.717, 1.165) is 4.88 Å². The maximum atomic E-state index is 12.2. The molecule has 0 saturated heterocycles. The second kappa shape index (κ2) is 7.36. The summed E-state index contributed by atoms with van der Waals surface area (Å²) in [6.07, 6.45) is 3.72. The van der Waals surface area contributed by atoms with E-state index < -0.39 is 0 Å². The van der Waals surface area contributed by atoms with E-state index in [0.29, 0.717) is 18.1 Å². The highest BCUT2D eigenvalue weighted by atomic mass is 32.1. The summed E-state index contributed by atoms with van der Waals surface area (Å²) in [5.41, 5.74) is -0.112. The first-order chi connectivity index (χ1) is 9.71. The van der Waals surface area contributed by atoms with Crippen LogP contribution in [-0.2, 0) is 9.59 Å². The summed E-state index contributed by atoms with van der Waals surface area (Å²) in [6, 6.07) is 0. The van der Waals surface area contributed by atoms with Crippen LogP contribution in [0.25, 0.3) is 0 Å². The molecule has 0 bridgehead atoms. The minimum Gasteiger partial charge on any atom is -0.330 e. The van der Waals surface area contributed by atoms with Gasteiger partial charge in [-0.25, -0.2) is 4.98 Å². The number of nitrogens with zero attached hydrogens (tertiary/aromatic N) is 2. The molecule has 0 saturated carbocycles. The molecule has 0 aliphatic carbocycles. The fourth-order valence-electron chi connectivity index (χ4n) is 1.72. The van der Waals surface area contributed by atoms with Crippen molar-refractivity contribution in [2.45, 2.75) is 34.1 Å². The Morgan fingerprint density at radius 3 is 2.62 bits per heavy atom. The molecular formula is C15H23N3O2S. The van der Waals surface area contributed by atoms with E-state index in [1.54, 1.807) is 12.3 Å². The van der Waals surface area contributed by atoms with E-state index in [1.807, 2.05) is 27.7 Å². The number of thiazole rings is 1. The monoisotopic (exact) mass is 309 g/mol. The third kappa shape index (κ3) is 6.53. The Bertz CT molecular complexity index is 517. The maximum Gasteiger partial charge on any atom is 0.245 e. The molecule has 1 rings (SSSR count). The lowest BCUT2D eigenvalue weighted by atomic mass is 9.91. The quantitative estimate of drug-likeness (QED) is 0.822. The third-order valence-electron chi connectivity index (χ3n) is 2.59. The lowest BCUT2D eigenvalue weighted by Crippen LogP contribution is -2.39. The van der Waals surface area contributed by atoms with Gasteiger partial charge in [0, 0.05) is 24.0 Å². The van der Waals surface area contributed by atoms with Crippen LogP contribution in [0.2, 0.25) is 0 Å². The summed E-state index contributed by atoms with van der Waals surface area (Å²) in [5.74, 6) is -0.290. The van der Waals surface area contributed by atoms with Gasteiger partial charge in [-0.05, 0) is 12.3 Å². The van der Waals surface area contributed by atoms with E-state index in [4.69, 9.17) is 0 Å². The van der Waals surface area contributed by atoms with E-state index in [9.17, 15) is 9.59 Å². The van der Waals surface area contributed by atoms with Gasteiger partial charge in [0.05, 0.1) is 0 Å². The van der Waals surface area contributed by atoms with Gasteiger partial charge in [0.15, 0.2) is 5.13 Å². The summed E-state index contributed by atoms with van der Waals surface area (Å²) < 4.78 is 0. The van der Waals surface area contributed by atoms with Gasteiger partial charge in [-0.3, -0.25) is 9.59 Å². The SMILES string of the molecule is C=CCN(CC(=O)Nc1ncc(C)s1)C(=O)CC(C)(C)C. The number of anilines is 1. The van der Waals surface area contributed by atoms with Crippen molar-refractivity contribution in [3.63, 3.8) is 0 Å². The van der Waals surface area contributed by atoms with E-state index in [2.05, 4.69) is 16.9 Å². The molecule has 116 valence electrons. The number of nitrogens with one attached hydrogen (secondary N) is 1. The molecule has 2 amide bonds. The predicted octanol–water partition coefficient (Wildman–Crippen LogP) is 2.84. The van der Waals surface area contributed by atoms with Crippen molar-refractivity contribution in [1.82, 2.24) is 9.88 Å². The second-order valence-corrected chi connectivity index (χ2v) is 7.36. The topological polar surface area (TPSA) is 62.3 Å². The molecule has 0 spiro atoms. The highest BCUT2D eigenvalue weighted by molar-refractivity contribution is 7.15. The predicted molar refractivity (Wildman–Crippen MR) is 86.3 cm³/mol. The minimum atomic E-state index is -0.242. The molecule has 1 heterocycles. The Hall–Kier alpha value is -1.69. The van der Waals surface area contributed by atoms with Crippen molar-refractivity contribution in [2.24, 2.45) is 5.41 Å². The molecule has 6 heteroatoms. The first-order valence-electron chi connectivity index (χ1n) is 6.82. The number of hydrogen-bond donors (Lipinski definition) is 1. The standard InChI is InChI=1S/C15H23N3O2S/c1-6-7-18(13(20)8-15(3,4)5)10-12(19)17-14-16-9-11(2)21-14/h6,9H,1,7-8,10H2,2-5H3,(H,16,17,19). The molecule has 5 nitrogen and oxygen atoms in total. The van der Waals surface area contributed by atoms with Crippen molar-refractivity contribution < 1.29 is 9.59 Å². The summed E-state index contributed by atoms with van der Waals surface area (Å²) in [6.45, 7) is 11.9. The van der Waals surface area contributed by atoms with E-state index in [-0.39, 0.29) is 23.8 Å². The van der Waals surface area contributed by atoms with Gasteiger partial charge in [-0.15, -0.1) is 17.9 Å². The van der Waals surface area contributed by atoms with Gasteiger partial charge < -0.3 is 10.2 Å². The average molecular weight is 309 g/mol. The van der Waals surface area contributed by atoms with Crippen molar-refractivity contribution in [3.05, 3.63) is 23.7 Å². The van der Waals surface area contributed by atoms with Crippen molar-refractivity contribution in [1.29, 1.82) is 0 Å². The summed E-state index contributed by atoms with van der Waals surface area (Å²) in [5, 5.41) is 3.26. The van der Waals surface area contributed by atoms with Crippen LogP contribution in [0.1, 0.15) is 32.1 Å². The third-order valence-corrected chi connectivity index (χ3v) is 3.41. The zero-order valence-electron chi connectivity index (χ0n) is 13.1. The Morgan fingerprint density at radius 2 is 2.14 bits per heavy atom. The summed E-state index contributed by atoms with van der Waals surface area (Å²) in [4.78, 5) is 30.8. The molecule has 1 N–H and O–H groups in total. The molecule has 0 radical (unpaired) electrons. The van der Waals surface area contributed by atoms with Crippen LogP contribution in [0.3, 0.4) is 0 Å². The summed E-state index contributed by atoms with van der Waals surface area (Å²) >= 11 is 1.41. The number of aromatic nitrogens is 1. The maximum absolute atomic E-state index is 12.2. The Labute approximate surface area is 130 Å². The lowest BCUT2D eigenvalue weighted by Gasteiger charge is -2.25. The molecule has 0 unspecified atom stereocenters. The number of carbonyl (C=O) groups is 2. The average Bonchev–Trinajstić information content (AvgIpc) is 2.71. The van der Waals surface area contributed by atoms with Gasteiger partial charge in [0.25, 0.3) is 0 Å². The minimum absolute atomic E-state index is 0.0135. The van der Waals surface area contributed by atoms with Gasteiger partial charge in [-0.2, -0.15) is 0 Å². The first-order valence-corrected chi connectivity index (χ1v) is 7.64. The molecule has 0 aliphatic heterocycles. The molecular weight excluding hydrogens is 286 g/mol. The fraction of sp³-hybridized carbons (Fsp3) is 0.533. The van der Waals surface area contributed by atoms with Crippen LogP contribution in [0.5, 0.6) is 0 Å². The van der Waals surface area contributed by atoms with E-state index >= 15 is 0 Å². The number of aryl methyl sites for hydroxylation is 1. The Balaban J connectivity index is 2.62. The second-order valence-electron chi connectivity index (χ2n) is 6.12. The van der Waals surface area contributed by atoms with Crippen LogP contribution in [0, 0.1) is 12.3 Å². The number of rotatable bonds is 6. The largest absolute Gasteiger partial charge is 0.330 e. The molecule has 21 heavy (non-hydrogen) atoms. The van der Waals surface area contributed by atoms with E-state index in [1.165, 1.54) is 16.2 Å². The smallest absolute Gasteiger partial charge is 0.245 e. The molecule has 1 aromatic rings. The zero-order chi connectivity index (χ0) is 16.0. The molecule has 0 fully saturated rings. The normalized spacial score (nSPS) is 11.0. The van der Waals surface area contributed by atoms with Gasteiger partial charge in [0.2, 0.25) is 11.8 Å². The van der Waals surface area contributed by atoms with Crippen molar-refractivity contribution in [3.8, 4) is 0 Å². The first kappa shape index (κ1) is 17.4. The van der Waals surface area contributed by atoms with Crippen LogP contribution in [-0.4, -0.2) is 34.8 Å². The lowest BCUT2D eigenvalue weighted by molar-refractivity contribution is -0.135. The number of carbonyl (C=O) groups excluding carboxylic acids is 2. The Morgan fingerprint density at radius 1 is 1.48 bits per heavy atom. The molecule has 1 aromatic heterocycles. The van der Waals surface area contributed by atoms with Gasteiger partial charge in [0.1, 0.15) is 6.54 Å². The van der Waals surface area contributed by atoms with Crippen LogP contribution < -0.4 is 5.32 Å². The van der Waals surface area contributed by atoms with Crippen molar-refractivity contribution >= 4 is 28.3 Å². The number of hydrogen-bond acceptors (Lipinski definition) is 4. The van der Waals surface area contributed by atoms with Gasteiger partial charge >= 0.3 is 0 Å². The highest BCUT2D eigenvalue weighted by Gasteiger charge is 2.22.